The van der Waals surface area contributed by atoms with Gasteiger partial charge in [0.2, 0.25) is 11.8 Å². The summed E-state index contributed by atoms with van der Waals surface area (Å²) in [6.07, 6.45) is 10.3. The molecule has 1 fully saturated rings. The molecule has 1 saturated heterocycles. The third-order valence-electron chi connectivity index (χ3n) is 8.45. The summed E-state index contributed by atoms with van der Waals surface area (Å²) < 4.78 is 8.02. The molecule has 10 nitrogen and oxygen atoms in total. The molecule has 0 bridgehead atoms. The predicted octanol–water partition coefficient (Wildman–Crippen LogP) is 2.71. The van der Waals surface area contributed by atoms with Gasteiger partial charge in [-0.05, 0) is 35.8 Å². The second-order valence-corrected chi connectivity index (χ2v) is 12.0. The summed E-state index contributed by atoms with van der Waals surface area (Å²) in [5.41, 5.74) is 8.88. The molecular weight excluding hydrogens is 816 g/mol. The van der Waals surface area contributed by atoms with Gasteiger partial charge in [0.15, 0.2) is 5.82 Å². The second kappa shape index (κ2) is 18.9. The van der Waals surface area contributed by atoms with E-state index in [2.05, 4.69) is 53.4 Å². The van der Waals surface area contributed by atoms with Crippen molar-refractivity contribution in [3.63, 3.8) is 0 Å². The second-order valence-electron chi connectivity index (χ2n) is 12.0. The number of benzene rings is 1. The first-order valence-corrected chi connectivity index (χ1v) is 16.5. The van der Waals surface area contributed by atoms with E-state index in [4.69, 9.17) is 22.0 Å². The number of unbranched alkanes of at least 4 members (excludes halogenated alkanes) is 2. The third kappa shape index (κ3) is 10.6. The maximum atomic E-state index is 12.8. The van der Waals surface area contributed by atoms with Crippen molar-refractivity contribution in [3.8, 4) is 5.75 Å². The number of nitrogens with zero attached hydrogens (tertiary/aromatic N) is 5. The van der Waals surface area contributed by atoms with Crippen molar-refractivity contribution in [1.82, 2.24) is 24.6 Å². The number of carbonyl (C=O) groups is 2. The quantitative estimate of drug-likeness (QED) is 0.117. The van der Waals surface area contributed by atoms with Crippen LogP contribution in [-0.4, -0.2) is 83.3 Å². The van der Waals surface area contributed by atoms with Gasteiger partial charge in [-0.2, -0.15) is 6.08 Å². The molecule has 11 heteroatoms. The van der Waals surface area contributed by atoms with E-state index in [9.17, 15) is 9.59 Å². The van der Waals surface area contributed by atoms with Crippen LogP contribution in [0.2, 0.25) is 0 Å². The molecule has 3 heterocycles. The summed E-state index contributed by atoms with van der Waals surface area (Å²) in [5, 5.41) is 5.35. The number of nitrogens with two attached hydrogens (primary N) is 1. The van der Waals surface area contributed by atoms with Crippen molar-refractivity contribution < 1.29 is 45.4 Å². The number of amidine groups is 1. The van der Waals surface area contributed by atoms with Crippen LogP contribution in [0.5, 0.6) is 5.75 Å². The Balaban J connectivity index is 0.00000600. The van der Waals surface area contributed by atoms with Gasteiger partial charge in [0, 0.05) is 102 Å². The van der Waals surface area contributed by atoms with E-state index in [1.807, 2.05) is 17.2 Å². The van der Waals surface area contributed by atoms with Crippen LogP contribution < -0.4 is 26.4 Å². The minimum atomic E-state index is -0.169. The summed E-state index contributed by atoms with van der Waals surface area (Å²) in [6, 6.07) is 8.39. The molecule has 0 spiro atoms. The number of hydrogen-bond acceptors (Lipinski definition) is 6. The molecule has 2 aliphatic rings. The van der Waals surface area contributed by atoms with Crippen LogP contribution in [0.4, 0.5) is 0 Å². The third-order valence-corrected chi connectivity index (χ3v) is 8.45. The number of carbonyl (C=O) groups excluding carboxylic acids is 2. The van der Waals surface area contributed by atoms with Gasteiger partial charge in [-0.15, -0.1) is 5.70 Å². The van der Waals surface area contributed by atoms with E-state index in [1.165, 1.54) is 11.0 Å². The predicted molar refractivity (Wildman–Crippen MR) is 184 cm³/mol. The van der Waals surface area contributed by atoms with Gasteiger partial charge in [0.25, 0.3) is 0 Å². The smallest absolute Gasteiger partial charge is 0.230 e. The molecule has 1 aromatic carbocycles. The van der Waals surface area contributed by atoms with Crippen LogP contribution in [-0.2, 0) is 22.7 Å². The fraction of sp³-hybridized carbons (Fsp3) is 0.472. The van der Waals surface area contributed by atoms with E-state index in [0.29, 0.717) is 37.7 Å². The molecule has 0 unspecified atom stereocenters. The van der Waals surface area contributed by atoms with Crippen molar-refractivity contribution in [3.05, 3.63) is 76.6 Å². The van der Waals surface area contributed by atoms with Crippen molar-refractivity contribution >= 4 is 30.0 Å². The van der Waals surface area contributed by atoms with E-state index >= 15 is 0 Å². The molecule has 0 atom stereocenters. The summed E-state index contributed by atoms with van der Waals surface area (Å²) >= 11 is 0. The summed E-state index contributed by atoms with van der Waals surface area (Å²) in [7, 11) is 1.70. The number of aliphatic imine (C=N–C) groups is 1. The fourth-order valence-corrected chi connectivity index (χ4v) is 5.84. The van der Waals surface area contributed by atoms with Crippen LogP contribution in [0.1, 0.15) is 63.5 Å². The molecule has 2 aliphatic heterocycles. The minimum absolute atomic E-state index is 0. The molecule has 3 N–H and O–H groups in total. The Hall–Kier alpha value is -3.26. The van der Waals surface area contributed by atoms with Gasteiger partial charge in [0.05, 0.1) is 19.0 Å². The summed E-state index contributed by atoms with van der Waals surface area (Å²) in [5.74, 6) is 2.07. The van der Waals surface area contributed by atoms with E-state index in [1.54, 1.807) is 13.2 Å². The van der Waals surface area contributed by atoms with Gasteiger partial charge in [-0.1, -0.05) is 51.5 Å². The molecule has 2 amide bonds. The summed E-state index contributed by atoms with van der Waals surface area (Å²) in [4.78, 5) is 35.1. The van der Waals surface area contributed by atoms with Crippen LogP contribution in [0.3, 0.4) is 0 Å². The Kier molecular flexibility index (Phi) is 15.4. The normalized spacial score (nSPS) is 16.0. The molecule has 1 aromatic heterocycles. The first-order valence-electron chi connectivity index (χ1n) is 16.5. The Labute approximate surface area is 303 Å². The minimum Gasteiger partial charge on any atom is -0.496 e. The Morgan fingerprint density at radius 3 is 2.49 bits per heavy atom. The average molecular weight is 867 g/mol. The number of nitrogens with one attached hydrogen (secondary N) is 1. The van der Waals surface area contributed by atoms with Crippen molar-refractivity contribution in [1.29, 1.82) is 0 Å². The van der Waals surface area contributed by atoms with E-state index in [-0.39, 0.29) is 49.3 Å². The zero-order valence-electron chi connectivity index (χ0n) is 28.3. The monoisotopic (exact) mass is 866 g/mol. The van der Waals surface area contributed by atoms with Crippen LogP contribution in [0.25, 0.3) is 12.4 Å². The molecule has 0 saturated carbocycles. The fourth-order valence-electron chi connectivity index (χ4n) is 5.84. The molecule has 0 radical (unpaired) electrons. The number of piperazine rings is 1. The van der Waals surface area contributed by atoms with Crippen LogP contribution in [0.15, 0.2) is 53.3 Å². The van der Waals surface area contributed by atoms with E-state index in [0.717, 1.165) is 91.5 Å². The first-order chi connectivity index (χ1) is 22.2. The number of aromatic nitrogens is 1. The number of allylic oxidation sites excluding steroid dienone is 1. The Morgan fingerprint density at radius 1 is 1.06 bits per heavy atom. The maximum absolute atomic E-state index is 12.8. The molecular formula is C36H50N7O3U-. The molecule has 4 rings (SSSR count). The SMILES string of the molecule is [CH-]=C1C=CC(=O)N1CCC(=O)N1CCN(Cc2ccc(Cn3ccc(=C)/c3=C(\N=C(\N)CCC)NCCCCC)c(OC)c2)CC1.[U]. The van der Waals surface area contributed by atoms with Crippen LogP contribution >= 0.6 is 0 Å². The number of hydrogen-bond donors (Lipinski definition) is 2. The van der Waals surface area contributed by atoms with Gasteiger partial charge in [-0.3, -0.25) is 21.1 Å². The Bertz CT molecular complexity index is 1540. The van der Waals surface area contributed by atoms with Gasteiger partial charge >= 0.3 is 0 Å². The van der Waals surface area contributed by atoms with Crippen molar-refractivity contribution in [2.45, 2.75) is 65.5 Å². The zero-order chi connectivity index (χ0) is 33.1. The van der Waals surface area contributed by atoms with E-state index < -0.39 is 0 Å². The summed E-state index contributed by atoms with van der Waals surface area (Å²) in [6.45, 7) is 19.8. The van der Waals surface area contributed by atoms with Crippen molar-refractivity contribution in [2.75, 3.05) is 46.4 Å². The Morgan fingerprint density at radius 2 is 1.83 bits per heavy atom. The number of ether oxygens (including phenoxy) is 1. The molecule has 252 valence electrons. The molecule has 0 aliphatic carbocycles. The zero-order valence-corrected chi connectivity index (χ0v) is 32.4. The topological polar surface area (TPSA) is 108 Å². The largest absolute Gasteiger partial charge is 0.496 e. The number of rotatable bonds is 16. The van der Waals surface area contributed by atoms with Crippen LogP contribution in [0, 0.1) is 37.7 Å². The number of amides is 2. The first kappa shape index (κ1) is 38.2. The maximum Gasteiger partial charge on any atom is 0.230 e. The van der Waals surface area contributed by atoms with Gasteiger partial charge < -0.3 is 30.2 Å². The number of methoxy groups -OCH3 is 1. The molecule has 47 heavy (non-hydrogen) atoms. The van der Waals surface area contributed by atoms with Crippen molar-refractivity contribution in [2.24, 2.45) is 10.7 Å². The standard InChI is InChI=1S/C36H50N7O3.U/c1-6-8-9-17-38-36(39-32(37)10-7-2)35-27(3)15-18-42(35)26-30-13-12-29(24-31(30)46-5)25-40-20-22-41(23-21-40)33(44)16-19-43-28(4)11-14-34(43)45;/h4,11-15,18,24,38H,3,6-10,16-17,19-23,25-26H2,1-2,5H3,(H2,37,39);/q-1;/b36-35+;. The average Bonchev–Trinajstić information content (AvgIpc) is 3.57. The van der Waals surface area contributed by atoms with Gasteiger partial charge in [-0.25, -0.2) is 4.99 Å². The molecule has 2 aromatic rings. The van der Waals surface area contributed by atoms with Gasteiger partial charge in [0.1, 0.15) is 11.6 Å².